The molecule has 1 aliphatic carbocycles. The van der Waals surface area contributed by atoms with Crippen LogP contribution in [0.15, 0.2) is 12.5 Å². The Labute approximate surface area is 159 Å². The van der Waals surface area contributed by atoms with Crippen LogP contribution in [0.4, 0.5) is 5.82 Å². The van der Waals surface area contributed by atoms with Gasteiger partial charge in [-0.05, 0) is 19.9 Å². The Bertz CT molecular complexity index is 773. The van der Waals surface area contributed by atoms with Crippen LogP contribution in [0.1, 0.15) is 38.5 Å². The maximum atomic E-state index is 12.5. The molecule has 146 valence electrons. The molecule has 0 spiro atoms. The van der Waals surface area contributed by atoms with Crippen LogP contribution < -0.4 is 10.2 Å². The molecular weight excluding hydrogens is 342 g/mol. The zero-order valence-corrected chi connectivity index (χ0v) is 16.1. The molecule has 27 heavy (non-hydrogen) atoms. The van der Waals surface area contributed by atoms with Crippen LogP contribution in [0.3, 0.4) is 0 Å². The standard InChI is InChI=1S/C19H29N7O/c1-24-8-10-25(11-9-24)18-16-12-22-26(19(16)21-14-20-18)13-17(27)23-15-6-4-2-3-5-7-15/h12,14-15H,2-11,13H2,1H3,(H,23,27). The molecule has 2 aliphatic rings. The number of amides is 1. The lowest BCUT2D eigenvalue weighted by molar-refractivity contribution is -0.122. The van der Waals surface area contributed by atoms with Crippen molar-refractivity contribution < 1.29 is 4.79 Å². The van der Waals surface area contributed by atoms with Crippen molar-refractivity contribution in [3.05, 3.63) is 12.5 Å². The first-order valence-corrected chi connectivity index (χ1v) is 10.1. The number of piperazine rings is 1. The summed E-state index contributed by atoms with van der Waals surface area (Å²) in [4.78, 5) is 26.0. The smallest absolute Gasteiger partial charge is 0.242 e. The summed E-state index contributed by atoms with van der Waals surface area (Å²) in [5.74, 6) is 0.940. The summed E-state index contributed by atoms with van der Waals surface area (Å²) in [5.41, 5.74) is 0.731. The van der Waals surface area contributed by atoms with Crippen molar-refractivity contribution in [2.24, 2.45) is 0 Å². The van der Waals surface area contributed by atoms with Gasteiger partial charge >= 0.3 is 0 Å². The molecule has 0 aromatic carbocycles. The highest BCUT2D eigenvalue weighted by Crippen LogP contribution is 2.23. The van der Waals surface area contributed by atoms with Crippen molar-refractivity contribution >= 4 is 22.8 Å². The zero-order valence-electron chi connectivity index (χ0n) is 16.1. The van der Waals surface area contributed by atoms with Gasteiger partial charge in [0.2, 0.25) is 5.91 Å². The number of rotatable bonds is 4. The van der Waals surface area contributed by atoms with Crippen molar-refractivity contribution in [2.45, 2.75) is 51.1 Å². The highest BCUT2D eigenvalue weighted by Gasteiger charge is 2.21. The lowest BCUT2D eigenvalue weighted by Crippen LogP contribution is -2.44. The highest BCUT2D eigenvalue weighted by atomic mass is 16.2. The Morgan fingerprint density at radius 2 is 1.85 bits per heavy atom. The average Bonchev–Trinajstić information content (AvgIpc) is 2.90. The second-order valence-electron chi connectivity index (χ2n) is 7.78. The van der Waals surface area contributed by atoms with Gasteiger partial charge in [-0.25, -0.2) is 14.6 Å². The van der Waals surface area contributed by atoms with Gasteiger partial charge in [0.1, 0.15) is 18.7 Å². The third kappa shape index (κ3) is 4.21. The van der Waals surface area contributed by atoms with E-state index in [4.69, 9.17) is 0 Å². The van der Waals surface area contributed by atoms with Gasteiger partial charge in [0.05, 0.1) is 11.6 Å². The highest BCUT2D eigenvalue weighted by molar-refractivity contribution is 5.88. The largest absolute Gasteiger partial charge is 0.353 e. The van der Waals surface area contributed by atoms with E-state index < -0.39 is 0 Å². The minimum Gasteiger partial charge on any atom is -0.353 e. The molecule has 1 amide bonds. The van der Waals surface area contributed by atoms with Crippen molar-refractivity contribution in [3.8, 4) is 0 Å². The minimum absolute atomic E-state index is 0.0201. The molecule has 8 heteroatoms. The Balaban J connectivity index is 1.46. The normalized spacial score (nSPS) is 20.0. The number of likely N-dealkylation sites (N-methyl/N-ethyl adjacent to an activating group) is 1. The van der Waals surface area contributed by atoms with Gasteiger partial charge in [-0.15, -0.1) is 0 Å². The molecule has 1 saturated carbocycles. The van der Waals surface area contributed by atoms with Gasteiger partial charge in [-0.1, -0.05) is 25.7 Å². The molecule has 0 atom stereocenters. The van der Waals surface area contributed by atoms with Gasteiger partial charge in [0.25, 0.3) is 0 Å². The maximum Gasteiger partial charge on any atom is 0.242 e. The number of aromatic nitrogens is 4. The number of hydrogen-bond donors (Lipinski definition) is 1. The number of fused-ring (bicyclic) bond motifs is 1. The van der Waals surface area contributed by atoms with Crippen LogP contribution in [0.5, 0.6) is 0 Å². The topological polar surface area (TPSA) is 79.2 Å². The maximum absolute atomic E-state index is 12.5. The molecule has 3 heterocycles. The van der Waals surface area contributed by atoms with Gasteiger partial charge in [-0.3, -0.25) is 4.79 Å². The fourth-order valence-electron chi connectivity index (χ4n) is 4.10. The van der Waals surface area contributed by atoms with Crippen LogP contribution in [0.25, 0.3) is 11.0 Å². The van der Waals surface area contributed by atoms with Gasteiger partial charge < -0.3 is 15.1 Å². The second-order valence-corrected chi connectivity index (χ2v) is 7.78. The molecule has 1 aliphatic heterocycles. The molecule has 1 saturated heterocycles. The van der Waals surface area contributed by atoms with Crippen molar-refractivity contribution in [1.29, 1.82) is 0 Å². The molecule has 2 aromatic heterocycles. The van der Waals surface area contributed by atoms with E-state index in [1.165, 1.54) is 25.7 Å². The van der Waals surface area contributed by atoms with Crippen LogP contribution in [0.2, 0.25) is 0 Å². The van der Waals surface area contributed by atoms with Crippen LogP contribution >= 0.6 is 0 Å². The summed E-state index contributed by atoms with van der Waals surface area (Å²) in [5, 5.41) is 8.54. The average molecular weight is 371 g/mol. The number of anilines is 1. The molecule has 2 aromatic rings. The van der Waals surface area contributed by atoms with E-state index in [0.29, 0.717) is 6.04 Å². The SMILES string of the molecule is CN1CCN(c2ncnc3c2cnn3CC(=O)NC2CCCCCC2)CC1. The van der Waals surface area contributed by atoms with Crippen LogP contribution in [-0.2, 0) is 11.3 Å². The van der Waals surface area contributed by atoms with E-state index in [9.17, 15) is 4.79 Å². The first-order valence-electron chi connectivity index (χ1n) is 10.1. The molecule has 8 nitrogen and oxygen atoms in total. The lowest BCUT2D eigenvalue weighted by Gasteiger charge is -2.33. The number of nitrogens with one attached hydrogen (secondary N) is 1. The first kappa shape index (κ1) is 18.2. The predicted octanol–water partition coefficient (Wildman–Crippen LogP) is 1.42. The van der Waals surface area contributed by atoms with E-state index >= 15 is 0 Å². The predicted molar refractivity (Wildman–Crippen MR) is 105 cm³/mol. The summed E-state index contributed by atoms with van der Waals surface area (Å²) in [6.07, 6.45) is 10.5. The number of carbonyl (C=O) groups excluding carboxylic acids is 1. The quantitative estimate of drug-likeness (QED) is 0.819. The lowest BCUT2D eigenvalue weighted by atomic mass is 10.1. The van der Waals surface area contributed by atoms with E-state index in [1.54, 1.807) is 17.2 Å². The molecule has 0 radical (unpaired) electrons. The summed E-state index contributed by atoms with van der Waals surface area (Å²) < 4.78 is 1.70. The van der Waals surface area contributed by atoms with E-state index in [1.807, 2.05) is 0 Å². The van der Waals surface area contributed by atoms with Crippen LogP contribution in [-0.4, -0.2) is 69.8 Å². The molecule has 4 rings (SSSR count). The number of nitrogens with zero attached hydrogens (tertiary/aromatic N) is 6. The van der Waals surface area contributed by atoms with E-state index in [2.05, 4.69) is 37.2 Å². The minimum atomic E-state index is 0.0201. The molecular formula is C19H29N7O. The molecule has 0 bridgehead atoms. The molecule has 1 N–H and O–H groups in total. The molecule has 2 fully saturated rings. The fraction of sp³-hybridized carbons (Fsp3) is 0.684. The summed E-state index contributed by atoms with van der Waals surface area (Å²) in [6.45, 7) is 4.12. The Morgan fingerprint density at radius 3 is 2.59 bits per heavy atom. The number of carbonyl (C=O) groups is 1. The third-order valence-electron chi connectivity index (χ3n) is 5.73. The monoisotopic (exact) mass is 371 g/mol. The third-order valence-corrected chi connectivity index (χ3v) is 5.73. The number of hydrogen-bond acceptors (Lipinski definition) is 6. The fourth-order valence-corrected chi connectivity index (χ4v) is 4.10. The first-order chi connectivity index (χ1) is 13.2. The zero-order chi connectivity index (χ0) is 18.6. The van der Waals surface area contributed by atoms with Crippen molar-refractivity contribution in [3.63, 3.8) is 0 Å². The van der Waals surface area contributed by atoms with E-state index in [-0.39, 0.29) is 12.5 Å². The summed E-state index contributed by atoms with van der Waals surface area (Å²) in [6, 6.07) is 0.303. The summed E-state index contributed by atoms with van der Waals surface area (Å²) in [7, 11) is 2.14. The van der Waals surface area contributed by atoms with Gasteiger partial charge in [-0.2, -0.15) is 5.10 Å². The Morgan fingerprint density at radius 1 is 1.11 bits per heavy atom. The van der Waals surface area contributed by atoms with Crippen molar-refractivity contribution in [2.75, 3.05) is 38.1 Å². The van der Waals surface area contributed by atoms with Gasteiger partial charge in [0, 0.05) is 32.2 Å². The molecule has 0 unspecified atom stereocenters. The Kier molecular flexibility index (Phi) is 5.52. The summed E-state index contributed by atoms with van der Waals surface area (Å²) >= 11 is 0. The van der Waals surface area contributed by atoms with E-state index in [0.717, 1.165) is 55.9 Å². The van der Waals surface area contributed by atoms with Crippen molar-refractivity contribution in [1.82, 2.24) is 30.0 Å². The second kappa shape index (κ2) is 8.21. The Hall–Kier alpha value is -2.22. The van der Waals surface area contributed by atoms with Gasteiger partial charge in [0.15, 0.2) is 5.65 Å². The van der Waals surface area contributed by atoms with Crippen LogP contribution in [0, 0.1) is 0 Å².